The lowest BCUT2D eigenvalue weighted by atomic mass is 10.00. The normalized spacial score (nSPS) is 30.7. The summed E-state index contributed by atoms with van der Waals surface area (Å²) in [7, 11) is 0. The summed E-state index contributed by atoms with van der Waals surface area (Å²) in [5, 5.41) is 11.9. The van der Waals surface area contributed by atoms with Crippen LogP contribution in [0.2, 0.25) is 0 Å². The highest BCUT2D eigenvalue weighted by molar-refractivity contribution is 8.01. The van der Waals surface area contributed by atoms with E-state index in [2.05, 4.69) is 0 Å². The van der Waals surface area contributed by atoms with Gasteiger partial charge in [0, 0.05) is 19.0 Å². The van der Waals surface area contributed by atoms with E-state index in [1.54, 1.807) is 23.1 Å². The number of rotatable bonds is 3. The topological polar surface area (TPSA) is 40.5 Å². The van der Waals surface area contributed by atoms with Crippen molar-refractivity contribution in [2.45, 2.75) is 23.2 Å². The van der Waals surface area contributed by atoms with Gasteiger partial charge < -0.3 is 10.0 Å². The van der Waals surface area contributed by atoms with Gasteiger partial charge in [0.25, 0.3) is 0 Å². The largest absolute Gasteiger partial charge is 0.393 e. The monoisotopic (exact) mass is 283 g/mol. The molecule has 18 heavy (non-hydrogen) atoms. The Labute approximate surface area is 115 Å². The smallest absolute Gasteiger partial charge is 0.232 e. The maximum absolute atomic E-state index is 12.1. The van der Waals surface area contributed by atoms with E-state index in [4.69, 9.17) is 0 Å². The van der Waals surface area contributed by atoms with E-state index in [9.17, 15) is 9.90 Å². The summed E-state index contributed by atoms with van der Waals surface area (Å²) in [6, 6.07) is 4.05. The van der Waals surface area contributed by atoms with Gasteiger partial charge >= 0.3 is 0 Å². The number of nitrogens with zero attached hydrogens (tertiary/aromatic N) is 1. The van der Waals surface area contributed by atoms with Gasteiger partial charge in [-0.2, -0.15) is 0 Å². The summed E-state index contributed by atoms with van der Waals surface area (Å²) < 4.78 is 1.20. The molecular formula is C13H17NO2S2. The number of thioether (sulfide) groups is 1. The number of fused-ring (bicyclic) bond motifs is 1. The zero-order valence-corrected chi connectivity index (χ0v) is 11.8. The Morgan fingerprint density at radius 2 is 2.39 bits per heavy atom. The first-order chi connectivity index (χ1) is 8.74. The van der Waals surface area contributed by atoms with Gasteiger partial charge in [0.2, 0.25) is 5.91 Å². The predicted molar refractivity (Wildman–Crippen MR) is 73.8 cm³/mol. The Morgan fingerprint density at radius 1 is 1.50 bits per heavy atom. The van der Waals surface area contributed by atoms with E-state index in [1.165, 1.54) is 4.21 Å². The van der Waals surface area contributed by atoms with Crippen molar-refractivity contribution >= 4 is 29.0 Å². The molecule has 2 aliphatic rings. The Balaban J connectivity index is 1.52. The molecule has 3 nitrogen and oxygen atoms in total. The third kappa shape index (κ3) is 2.44. The van der Waals surface area contributed by atoms with Gasteiger partial charge in [-0.3, -0.25) is 4.79 Å². The molecule has 0 aromatic carbocycles. The lowest BCUT2D eigenvalue weighted by Gasteiger charge is -2.18. The summed E-state index contributed by atoms with van der Waals surface area (Å²) >= 11 is 3.29. The highest BCUT2D eigenvalue weighted by atomic mass is 32.2. The second-order valence-corrected chi connectivity index (χ2v) is 7.31. The molecule has 3 rings (SSSR count). The van der Waals surface area contributed by atoms with E-state index < -0.39 is 0 Å². The van der Waals surface area contributed by atoms with Crippen LogP contribution in [-0.4, -0.2) is 40.9 Å². The summed E-state index contributed by atoms with van der Waals surface area (Å²) in [6.45, 7) is 1.61. The molecule has 1 aliphatic heterocycles. The third-order valence-electron chi connectivity index (χ3n) is 4.00. The molecular weight excluding hydrogens is 266 g/mol. The number of aliphatic hydroxyl groups is 1. The number of carbonyl (C=O) groups is 1. The maximum Gasteiger partial charge on any atom is 0.232 e. The number of thiophene rings is 1. The fourth-order valence-corrected chi connectivity index (χ4v) is 4.70. The lowest BCUT2D eigenvalue weighted by molar-refractivity contribution is -0.127. The Kier molecular flexibility index (Phi) is 3.63. The molecule has 1 aromatic rings. The average Bonchev–Trinajstić information content (AvgIpc) is 3.05. The first-order valence-corrected chi connectivity index (χ1v) is 8.22. The van der Waals surface area contributed by atoms with Crippen LogP contribution in [0.15, 0.2) is 21.7 Å². The molecule has 0 bridgehead atoms. The summed E-state index contributed by atoms with van der Waals surface area (Å²) in [6.07, 6.45) is 1.81. The van der Waals surface area contributed by atoms with E-state index in [0.717, 1.165) is 25.9 Å². The van der Waals surface area contributed by atoms with Crippen LogP contribution < -0.4 is 0 Å². The van der Waals surface area contributed by atoms with Crippen LogP contribution in [0.3, 0.4) is 0 Å². The second kappa shape index (κ2) is 5.23. The van der Waals surface area contributed by atoms with Crippen molar-refractivity contribution < 1.29 is 9.90 Å². The maximum atomic E-state index is 12.1. The van der Waals surface area contributed by atoms with Crippen molar-refractivity contribution in [3.8, 4) is 0 Å². The summed E-state index contributed by atoms with van der Waals surface area (Å²) in [5.41, 5.74) is 0. The summed E-state index contributed by atoms with van der Waals surface area (Å²) in [5.74, 6) is 1.61. The molecule has 2 fully saturated rings. The van der Waals surface area contributed by atoms with Crippen LogP contribution >= 0.6 is 23.1 Å². The molecule has 98 valence electrons. The molecule has 5 heteroatoms. The zero-order valence-electron chi connectivity index (χ0n) is 10.1. The molecule has 0 radical (unpaired) electrons. The predicted octanol–water partition coefficient (Wildman–Crippen LogP) is 2.07. The van der Waals surface area contributed by atoms with Gasteiger partial charge in [0.1, 0.15) is 0 Å². The molecule has 1 N–H and O–H groups in total. The molecule has 0 spiro atoms. The number of aliphatic hydroxyl groups excluding tert-OH is 1. The minimum atomic E-state index is -0.183. The second-order valence-electron chi connectivity index (χ2n) is 5.09. The van der Waals surface area contributed by atoms with Gasteiger partial charge in [0.05, 0.1) is 16.1 Å². The highest BCUT2D eigenvalue weighted by Gasteiger charge is 2.43. The molecule has 3 unspecified atom stereocenters. The minimum absolute atomic E-state index is 0.183. The van der Waals surface area contributed by atoms with Crippen LogP contribution in [-0.2, 0) is 4.79 Å². The van der Waals surface area contributed by atoms with Crippen molar-refractivity contribution in [3.05, 3.63) is 17.5 Å². The first kappa shape index (κ1) is 12.5. The van der Waals surface area contributed by atoms with Crippen molar-refractivity contribution in [3.63, 3.8) is 0 Å². The van der Waals surface area contributed by atoms with Crippen molar-refractivity contribution in [2.75, 3.05) is 18.8 Å². The number of hydrogen-bond acceptors (Lipinski definition) is 4. The van der Waals surface area contributed by atoms with Crippen LogP contribution in [0, 0.1) is 11.8 Å². The molecule has 1 aromatic heterocycles. The van der Waals surface area contributed by atoms with Gasteiger partial charge in [-0.1, -0.05) is 6.07 Å². The van der Waals surface area contributed by atoms with Gasteiger partial charge in [-0.05, 0) is 30.2 Å². The van der Waals surface area contributed by atoms with E-state index in [1.807, 2.05) is 22.4 Å². The quantitative estimate of drug-likeness (QED) is 0.863. The van der Waals surface area contributed by atoms with Gasteiger partial charge in [0.15, 0.2) is 0 Å². The average molecular weight is 283 g/mol. The fraction of sp³-hybridized carbons (Fsp3) is 0.615. The summed E-state index contributed by atoms with van der Waals surface area (Å²) in [4.78, 5) is 14.0. The highest BCUT2D eigenvalue weighted by Crippen LogP contribution is 2.38. The van der Waals surface area contributed by atoms with Crippen LogP contribution in [0.25, 0.3) is 0 Å². The standard InChI is InChI=1S/C13H17NO2S2/c15-11-4-3-9-6-14(7-10(9)11)12(16)8-18-13-2-1-5-17-13/h1-2,5,9-11,15H,3-4,6-8H2. The van der Waals surface area contributed by atoms with E-state index >= 15 is 0 Å². The number of hydrogen-bond donors (Lipinski definition) is 1. The van der Waals surface area contributed by atoms with Crippen molar-refractivity contribution in [1.82, 2.24) is 4.90 Å². The SMILES string of the molecule is O=C(CSc1cccs1)N1CC2CCC(O)C2C1. The third-order valence-corrected chi connectivity index (χ3v) is 6.12. The fourth-order valence-electron chi connectivity index (χ4n) is 3.01. The Hall–Kier alpha value is -0.520. The van der Waals surface area contributed by atoms with Crippen LogP contribution in [0.4, 0.5) is 0 Å². The molecule has 1 saturated carbocycles. The van der Waals surface area contributed by atoms with E-state index in [0.29, 0.717) is 17.6 Å². The Morgan fingerprint density at radius 3 is 3.11 bits per heavy atom. The lowest BCUT2D eigenvalue weighted by Crippen LogP contribution is -2.32. The number of likely N-dealkylation sites (tertiary alicyclic amines) is 1. The minimum Gasteiger partial charge on any atom is -0.393 e. The van der Waals surface area contributed by atoms with Gasteiger partial charge in [-0.15, -0.1) is 23.1 Å². The zero-order chi connectivity index (χ0) is 12.5. The first-order valence-electron chi connectivity index (χ1n) is 6.36. The van der Waals surface area contributed by atoms with Crippen LogP contribution in [0.5, 0.6) is 0 Å². The molecule has 1 saturated heterocycles. The number of carbonyl (C=O) groups excluding carboxylic acids is 1. The molecule has 1 amide bonds. The van der Waals surface area contributed by atoms with Crippen molar-refractivity contribution in [2.24, 2.45) is 11.8 Å². The molecule has 1 aliphatic carbocycles. The Bertz CT molecular complexity index is 421. The van der Waals surface area contributed by atoms with E-state index in [-0.39, 0.29) is 12.0 Å². The van der Waals surface area contributed by atoms with Crippen molar-refractivity contribution in [1.29, 1.82) is 0 Å². The molecule has 3 atom stereocenters. The number of amides is 1. The van der Waals surface area contributed by atoms with Crippen LogP contribution in [0.1, 0.15) is 12.8 Å². The van der Waals surface area contributed by atoms with Gasteiger partial charge in [-0.25, -0.2) is 0 Å². The molecule has 2 heterocycles.